The Morgan fingerprint density at radius 3 is 2.11 bits per heavy atom. The number of carbonyl (C=O) groups excluding carboxylic acids is 7. The van der Waals surface area contributed by atoms with Crippen molar-refractivity contribution >= 4 is 115 Å². The molecule has 4 atom stereocenters. The normalized spacial score (nSPS) is 18.8. The Hall–Kier alpha value is -7.68. The largest absolute Gasteiger partial charge is 0.386 e. The second-order valence-electron chi connectivity index (χ2n) is 20.8. The summed E-state index contributed by atoms with van der Waals surface area (Å²) in [5, 5.41) is 41.2. The summed E-state index contributed by atoms with van der Waals surface area (Å²) in [5.41, 5.74) is 8.35. The minimum absolute atomic E-state index is 0.000817. The fraction of sp³-hybridized carbons (Fsp3) is 0.368. The number of methoxy groups -OCH3 is 1. The summed E-state index contributed by atoms with van der Waals surface area (Å²) in [6, 6.07) is 9.56. The van der Waals surface area contributed by atoms with Gasteiger partial charge >= 0.3 is 0 Å². The molecule has 0 radical (unpaired) electrons. The van der Waals surface area contributed by atoms with Crippen LogP contribution in [0.5, 0.6) is 0 Å². The molecule has 8 heterocycles. The third kappa shape index (κ3) is 14.5. The second kappa shape index (κ2) is 28.0. The first-order valence-corrected chi connectivity index (χ1v) is 32.9. The Bertz CT molecular complexity index is 3830. The van der Waals surface area contributed by atoms with Crippen molar-refractivity contribution in [3.63, 3.8) is 0 Å². The minimum Gasteiger partial charge on any atom is -0.386 e. The van der Waals surface area contributed by atoms with E-state index in [1.165, 1.54) is 70.8 Å². The van der Waals surface area contributed by atoms with Crippen LogP contribution in [0, 0.1) is 24.7 Å². The highest BCUT2D eigenvalue weighted by molar-refractivity contribution is 7.15. The predicted molar refractivity (Wildman–Crippen MR) is 333 cm³/mol. The molecule has 7 aromatic heterocycles. The number of thiazole rings is 6. The van der Waals surface area contributed by atoms with Gasteiger partial charge in [0.1, 0.15) is 82.2 Å². The van der Waals surface area contributed by atoms with Crippen molar-refractivity contribution in [3.8, 4) is 43.4 Å². The monoisotopic (exact) mass is 1290 g/mol. The number of ether oxygens (including phenoxy) is 1. The van der Waals surface area contributed by atoms with E-state index in [9.17, 15) is 38.7 Å². The van der Waals surface area contributed by atoms with Crippen LogP contribution in [0.15, 0.2) is 64.0 Å². The molecule has 454 valence electrons. The number of nitrogens with zero attached hydrogens (tertiary/aromatic N) is 7. The van der Waals surface area contributed by atoms with Gasteiger partial charge in [-0.1, -0.05) is 44.2 Å². The summed E-state index contributed by atoms with van der Waals surface area (Å²) in [6.45, 7) is 5.73. The lowest BCUT2D eigenvalue weighted by Crippen LogP contribution is -2.40. The van der Waals surface area contributed by atoms with Gasteiger partial charge in [0.2, 0.25) is 23.6 Å². The maximum Gasteiger partial charge on any atom is 0.271 e. The van der Waals surface area contributed by atoms with Crippen LogP contribution in [0.4, 0.5) is 5.82 Å². The van der Waals surface area contributed by atoms with Crippen molar-refractivity contribution in [3.05, 3.63) is 111 Å². The number of aromatic nitrogens is 7. The van der Waals surface area contributed by atoms with Crippen LogP contribution in [0.3, 0.4) is 0 Å². The number of aryl methyl sites for hydroxylation is 1. The fourth-order valence-corrected chi connectivity index (χ4v) is 15.3. The molecule has 0 spiro atoms. The molecule has 24 nitrogen and oxygen atoms in total. The number of pyridine rings is 1. The van der Waals surface area contributed by atoms with Gasteiger partial charge in [-0.15, -0.1) is 68.0 Å². The number of hydrogen-bond acceptors (Lipinski definition) is 23. The van der Waals surface area contributed by atoms with Crippen LogP contribution < -0.4 is 43.0 Å². The van der Waals surface area contributed by atoms with Crippen molar-refractivity contribution < 1.29 is 43.4 Å². The molecule has 8 aromatic rings. The Labute approximate surface area is 523 Å². The molecule has 10 N–H and O–H groups in total. The summed E-state index contributed by atoms with van der Waals surface area (Å²) < 4.78 is 5.46. The van der Waals surface area contributed by atoms with E-state index < -0.39 is 60.3 Å². The number of anilines is 1. The number of carbonyl (C=O) groups is 7. The molecular weight excluding hydrogens is 1230 g/mol. The van der Waals surface area contributed by atoms with E-state index in [1.54, 1.807) is 70.9 Å². The molecule has 1 aliphatic heterocycles. The lowest BCUT2D eigenvalue weighted by atomic mass is 9.81. The van der Waals surface area contributed by atoms with E-state index in [2.05, 4.69) is 37.2 Å². The third-order valence-electron chi connectivity index (χ3n) is 14.4. The molecule has 87 heavy (non-hydrogen) atoms. The van der Waals surface area contributed by atoms with E-state index >= 15 is 0 Å². The van der Waals surface area contributed by atoms with Crippen LogP contribution in [0.2, 0.25) is 0 Å². The topological polar surface area (TPSA) is 349 Å². The first kappa shape index (κ1) is 62.4. The third-order valence-corrected chi connectivity index (χ3v) is 20.1. The van der Waals surface area contributed by atoms with Crippen LogP contribution in [-0.4, -0.2) is 115 Å². The van der Waals surface area contributed by atoms with Gasteiger partial charge in [0, 0.05) is 71.0 Å². The van der Waals surface area contributed by atoms with Gasteiger partial charge < -0.3 is 52.8 Å². The van der Waals surface area contributed by atoms with Crippen LogP contribution >= 0.6 is 68.0 Å². The van der Waals surface area contributed by atoms with E-state index in [-0.39, 0.29) is 59.7 Å². The number of benzene rings is 1. The molecule has 1 aliphatic carbocycles. The Morgan fingerprint density at radius 1 is 0.690 bits per heavy atom. The number of aliphatic hydroxyl groups is 1. The lowest BCUT2D eigenvalue weighted by Gasteiger charge is -2.26. The summed E-state index contributed by atoms with van der Waals surface area (Å²) >= 11 is 7.24. The fourth-order valence-electron chi connectivity index (χ4n) is 9.83. The first-order valence-electron chi connectivity index (χ1n) is 27.7. The highest BCUT2D eigenvalue weighted by Gasteiger charge is 2.34. The minimum atomic E-state index is -1.28. The average molecular weight is 1290 g/mol. The molecule has 30 heteroatoms. The van der Waals surface area contributed by atoms with Gasteiger partial charge in [0.25, 0.3) is 17.7 Å². The van der Waals surface area contributed by atoms with Crippen molar-refractivity contribution in [2.45, 2.75) is 83.7 Å². The van der Waals surface area contributed by atoms with E-state index in [0.29, 0.717) is 118 Å². The zero-order valence-corrected chi connectivity index (χ0v) is 52.5. The summed E-state index contributed by atoms with van der Waals surface area (Å²) in [7, 11) is 2.95. The van der Waals surface area contributed by atoms with E-state index in [4.69, 9.17) is 45.4 Å². The maximum absolute atomic E-state index is 14.3. The van der Waals surface area contributed by atoms with E-state index in [0.717, 1.165) is 11.3 Å². The van der Waals surface area contributed by atoms with Crippen molar-refractivity contribution in [2.24, 2.45) is 23.5 Å². The zero-order chi connectivity index (χ0) is 61.5. The van der Waals surface area contributed by atoms with Gasteiger partial charge in [-0.3, -0.25) is 33.6 Å². The number of amides is 7. The quantitative estimate of drug-likeness (QED) is 0.0554. The molecule has 1 aromatic carbocycles. The highest BCUT2D eigenvalue weighted by Crippen LogP contribution is 2.40. The molecule has 2 aliphatic rings. The standard InChI is InChI=1S/C57H61N15O9S6/c1-26(2)41-57-72-44(37(87-57)21-81-5)50(79)61-20-40(74)69-45(46(75)28-9-7-6-8-10-28)56-66-36(24-84-56)54-64-34(22-83-54)43-31(52-65-35(23-82-52)49(78)63-33(19-39(73)59-4)55-71-42(27(3)86-55)51(80)70-41)15-16-32(62-43)53-68-38(25-85-53)67-48(77)30-13-11-29(12-14-30)47(76)60-18-17-58/h6-10,15-16,22-26,29-30,33,41,45-46,75H,11-14,17-21,58H2,1-5H3,(H,59,73)(H,60,76)(H,61,79)(H,63,78)(H,67,77)(H,69,74)(H,70,80)/t29?,30?,33-,41-,45-,46-/m0/s1. The van der Waals surface area contributed by atoms with Gasteiger partial charge in [0.15, 0.2) is 0 Å². The highest BCUT2D eigenvalue weighted by atomic mass is 32.1. The van der Waals surface area contributed by atoms with Crippen LogP contribution in [0.1, 0.15) is 132 Å². The number of aliphatic hydroxyl groups excluding tert-OH is 1. The molecule has 7 amide bonds. The number of nitrogens with two attached hydrogens (primary N) is 1. The zero-order valence-electron chi connectivity index (χ0n) is 47.6. The number of nitrogens with one attached hydrogen (secondary N) is 7. The van der Waals surface area contributed by atoms with Crippen LogP contribution in [0.25, 0.3) is 43.4 Å². The van der Waals surface area contributed by atoms with Crippen molar-refractivity contribution in [2.75, 3.05) is 39.1 Å². The van der Waals surface area contributed by atoms with Gasteiger partial charge in [-0.2, -0.15) is 0 Å². The molecular formula is C57H61N15O9S6. The number of rotatable bonds is 13. The molecule has 10 bridgehead atoms. The van der Waals surface area contributed by atoms with E-state index in [1.807, 2.05) is 13.8 Å². The maximum atomic E-state index is 14.3. The number of fused-ring (bicyclic) bond motifs is 14. The Morgan fingerprint density at radius 2 is 1.38 bits per heavy atom. The second-order valence-corrected chi connectivity index (χ2v) is 26.6. The van der Waals surface area contributed by atoms with Gasteiger partial charge in [-0.25, -0.2) is 34.9 Å². The lowest BCUT2D eigenvalue weighted by molar-refractivity contribution is -0.128. The van der Waals surface area contributed by atoms with Crippen molar-refractivity contribution in [1.29, 1.82) is 0 Å². The molecule has 0 saturated heterocycles. The van der Waals surface area contributed by atoms with Gasteiger partial charge in [0.05, 0.1) is 42.2 Å². The first-order chi connectivity index (χ1) is 42.0. The van der Waals surface area contributed by atoms with Crippen molar-refractivity contribution in [1.82, 2.24) is 66.8 Å². The molecule has 0 unspecified atom stereocenters. The molecule has 10 rings (SSSR count). The summed E-state index contributed by atoms with van der Waals surface area (Å²) in [6.07, 6.45) is 0.775. The van der Waals surface area contributed by atoms with Gasteiger partial charge in [-0.05, 0) is 56.2 Å². The predicted octanol–water partition coefficient (Wildman–Crippen LogP) is 7.13. The molecule has 1 fully saturated rings. The van der Waals surface area contributed by atoms with Crippen LogP contribution in [-0.2, 0) is 30.5 Å². The summed E-state index contributed by atoms with van der Waals surface area (Å²) in [5.74, 6) is -3.47. The Kier molecular flexibility index (Phi) is 20.1. The average Bonchev–Trinajstić information content (AvgIpc) is 2.59. The SMILES string of the molecule is CNC(=O)C[C@@H]1NC(=O)c2csc(n2)-c2ccc(-c3nc(NC(=O)C4CCC(C(=O)NCCN)CC4)cs3)nc2-c2csc(n2)-c2csc(n2)[C@H]([C@@H](O)c2ccccc2)NC(=O)CNC(=O)c2nc(sc2COC)[C@H](C(C)C)NC(=O)c2nc1sc2C. The Balaban J connectivity index is 1.01. The smallest absolute Gasteiger partial charge is 0.271 e. The summed E-state index contributed by atoms with van der Waals surface area (Å²) in [4.78, 5) is 131. The number of hydrogen-bond donors (Lipinski definition) is 9. The molecule has 1 saturated carbocycles.